The van der Waals surface area contributed by atoms with Crippen LogP contribution < -0.4 is 5.73 Å². The zero-order valence-corrected chi connectivity index (χ0v) is 9.86. The number of pyridine rings is 2. The van der Waals surface area contributed by atoms with Crippen LogP contribution in [-0.2, 0) is 0 Å². The van der Waals surface area contributed by atoms with Crippen molar-refractivity contribution in [2.24, 2.45) is 5.73 Å². The van der Waals surface area contributed by atoms with Crippen LogP contribution in [0.15, 0.2) is 41.3 Å². The summed E-state index contributed by atoms with van der Waals surface area (Å²) < 4.78 is 14.2. The first-order chi connectivity index (χ1) is 7.70. The zero-order valence-electron chi connectivity index (χ0n) is 8.27. The van der Waals surface area contributed by atoms with Gasteiger partial charge in [0.1, 0.15) is 5.82 Å². The van der Waals surface area contributed by atoms with Crippen LogP contribution in [0.5, 0.6) is 0 Å². The second-order valence-corrected chi connectivity index (χ2v) is 4.10. The second kappa shape index (κ2) is 4.67. The van der Waals surface area contributed by atoms with E-state index in [-0.39, 0.29) is 0 Å². The van der Waals surface area contributed by atoms with Crippen molar-refractivity contribution in [2.75, 3.05) is 0 Å². The number of nitrogens with zero attached hydrogens (tertiary/aromatic N) is 2. The van der Waals surface area contributed by atoms with Crippen molar-refractivity contribution in [1.82, 2.24) is 9.97 Å². The number of halogens is 2. The van der Waals surface area contributed by atoms with Gasteiger partial charge in [0.25, 0.3) is 0 Å². The monoisotopic (exact) mass is 281 g/mol. The van der Waals surface area contributed by atoms with E-state index in [9.17, 15) is 4.39 Å². The summed E-state index contributed by atoms with van der Waals surface area (Å²) >= 11 is 3.34. The molecule has 3 nitrogen and oxygen atoms in total. The Labute approximate surface area is 101 Å². The van der Waals surface area contributed by atoms with Gasteiger partial charge in [0.2, 0.25) is 0 Å². The molecule has 0 aliphatic rings. The molecule has 5 heteroatoms. The van der Waals surface area contributed by atoms with Crippen LogP contribution in [0.4, 0.5) is 4.39 Å². The average Bonchev–Trinajstić information content (AvgIpc) is 2.29. The molecule has 1 atom stereocenters. The number of nitrogens with two attached hydrogens (primary N) is 1. The van der Waals surface area contributed by atoms with Crippen molar-refractivity contribution in [1.29, 1.82) is 0 Å². The van der Waals surface area contributed by atoms with Crippen molar-refractivity contribution in [3.63, 3.8) is 0 Å². The normalized spacial score (nSPS) is 12.4. The number of aromatic nitrogens is 2. The topological polar surface area (TPSA) is 51.8 Å². The maximum absolute atomic E-state index is 13.5. The average molecular weight is 282 g/mol. The highest BCUT2D eigenvalue weighted by Gasteiger charge is 2.16. The number of rotatable bonds is 2. The van der Waals surface area contributed by atoms with Gasteiger partial charge in [0.15, 0.2) is 0 Å². The fourth-order valence-electron chi connectivity index (χ4n) is 1.41. The molecule has 82 valence electrons. The number of hydrogen-bond acceptors (Lipinski definition) is 3. The van der Waals surface area contributed by atoms with Gasteiger partial charge in [-0.3, -0.25) is 9.97 Å². The highest BCUT2D eigenvalue weighted by Crippen LogP contribution is 2.25. The van der Waals surface area contributed by atoms with Crippen molar-refractivity contribution < 1.29 is 4.39 Å². The predicted octanol–water partition coefficient (Wildman–Crippen LogP) is 2.43. The van der Waals surface area contributed by atoms with Crippen LogP contribution in [0.25, 0.3) is 0 Å². The summed E-state index contributed by atoms with van der Waals surface area (Å²) in [6.45, 7) is 0. The summed E-state index contributed by atoms with van der Waals surface area (Å²) in [5, 5.41) is 0. The first-order valence-electron chi connectivity index (χ1n) is 4.65. The largest absolute Gasteiger partial charge is 0.319 e. The van der Waals surface area contributed by atoms with Gasteiger partial charge in [-0.15, -0.1) is 0 Å². The SMILES string of the molecule is NC(c1ccncc1F)c1ncccc1Br. The molecule has 1 unspecified atom stereocenters. The number of hydrogen-bond donors (Lipinski definition) is 1. The molecule has 0 aliphatic heterocycles. The van der Waals surface area contributed by atoms with E-state index < -0.39 is 11.9 Å². The Kier molecular flexibility index (Phi) is 3.26. The molecule has 2 aromatic heterocycles. The van der Waals surface area contributed by atoms with E-state index in [1.54, 1.807) is 18.3 Å². The molecule has 0 aliphatic carbocycles. The van der Waals surface area contributed by atoms with E-state index in [0.29, 0.717) is 11.3 Å². The van der Waals surface area contributed by atoms with E-state index in [4.69, 9.17) is 5.73 Å². The molecule has 0 saturated carbocycles. The molecule has 2 aromatic rings. The van der Waals surface area contributed by atoms with E-state index in [1.807, 2.05) is 6.07 Å². The van der Waals surface area contributed by atoms with Gasteiger partial charge in [-0.05, 0) is 34.1 Å². The van der Waals surface area contributed by atoms with Crippen LogP contribution in [0.2, 0.25) is 0 Å². The molecular formula is C11H9BrFN3. The van der Waals surface area contributed by atoms with Gasteiger partial charge in [0.05, 0.1) is 17.9 Å². The Bertz CT molecular complexity index is 459. The lowest BCUT2D eigenvalue weighted by Gasteiger charge is -2.13. The van der Waals surface area contributed by atoms with Gasteiger partial charge in [0, 0.05) is 22.4 Å². The molecule has 0 amide bonds. The van der Waals surface area contributed by atoms with E-state index in [0.717, 1.165) is 10.7 Å². The van der Waals surface area contributed by atoms with E-state index >= 15 is 0 Å². The summed E-state index contributed by atoms with van der Waals surface area (Å²) in [7, 11) is 0. The minimum atomic E-state index is -0.599. The molecule has 0 fully saturated rings. The maximum atomic E-state index is 13.5. The molecule has 0 radical (unpaired) electrons. The Hall–Kier alpha value is -1.33. The summed E-state index contributed by atoms with van der Waals surface area (Å²) in [5.74, 6) is -0.424. The molecule has 0 spiro atoms. The van der Waals surface area contributed by atoms with E-state index in [2.05, 4.69) is 25.9 Å². The van der Waals surface area contributed by atoms with Gasteiger partial charge >= 0.3 is 0 Å². The summed E-state index contributed by atoms with van der Waals surface area (Å²) in [6, 6.07) is 4.56. The summed E-state index contributed by atoms with van der Waals surface area (Å²) in [4.78, 5) is 7.82. The standard InChI is InChI=1S/C11H9BrFN3/c12-8-2-1-4-16-11(8)10(14)7-3-5-15-6-9(7)13/h1-6,10H,14H2. The third-order valence-electron chi connectivity index (χ3n) is 2.22. The first kappa shape index (κ1) is 11.2. The lowest BCUT2D eigenvalue weighted by Crippen LogP contribution is -2.15. The van der Waals surface area contributed by atoms with Crippen molar-refractivity contribution in [3.8, 4) is 0 Å². The lowest BCUT2D eigenvalue weighted by atomic mass is 10.1. The van der Waals surface area contributed by atoms with Crippen LogP contribution >= 0.6 is 15.9 Å². The molecule has 2 heterocycles. The molecule has 2 N–H and O–H groups in total. The molecule has 0 aromatic carbocycles. The van der Waals surface area contributed by atoms with Gasteiger partial charge < -0.3 is 5.73 Å². The Morgan fingerprint density at radius 1 is 1.31 bits per heavy atom. The fourth-order valence-corrected chi connectivity index (χ4v) is 1.91. The first-order valence-corrected chi connectivity index (χ1v) is 5.45. The Morgan fingerprint density at radius 3 is 2.81 bits per heavy atom. The van der Waals surface area contributed by atoms with Gasteiger partial charge in [-0.2, -0.15) is 0 Å². The lowest BCUT2D eigenvalue weighted by molar-refractivity contribution is 0.590. The van der Waals surface area contributed by atoms with Crippen LogP contribution in [0, 0.1) is 5.82 Å². The zero-order chi connectivity index (χ0) is 11.5. The predicted molar refractivity (Wildman–Crippen MR) is 62.2 cm³/mol. The smallest absolute Gasteiger partial charge is 0.146 e. The van der Waals surface area contributed by atoms with Crippen molar-refractivity contribution >= 4 is 15.9 Å². The van der Waals surface area contributed by atoms with Crippen LogP contribution in [0.3, 0.4) is 0 Å². The fraction of sp³-hybridized carbons (Fsp3) is 0.0909. The van der Waals surface area contributed by atoms with Gasteiger partial charge in [-0.25, -0.2) is 4.39 Å². The highest BCUT2D eigenvalue weighted by atomic mass is 79.9. The van der Waals surface area contributed by atoms with Crippen molar-refractivity contribution in [2.45, 2.75) is 6.04 Å². The summed E-state index contributed by atoms with van der Waals surface area (Å²) in [6.07, 6.45) is 4.28. The Morgan fingerprint density at radius 2 is 2.12 bits per heavy atom. The Balaban J connectivity index is 2.44. The third-order valence-corrected chi connectivity index (χ3v) is 2.89. The van der Waals surface area contributed by atoms with Gasteiger partial charge in [-0.1, -0.05) is 0 Å². The molecule has 0 bridgehead atoms. The van der Waals surface area contributed by atoms with Crippen LogP contribution in [0.1, 0.15) is 17.3 Å². The molecular weight excluding hydrogens is 273 g/mol. The molecule has 16 heavy (non-hydrogen) atoms. The van der Waals surface area contributed by atoms with Crippen molar-refractivity contribution in [3.05, 3.63) is 58.3 Å². The van der Waals surface area contributed by atoms with E-state index in [1.165, 1.54) is 6.20 Å². The molecule has 0 saturated heterocycles. The summed E-state index contributed by atoms with van der Waals surface area (Å²) in [5.41, 5.74) is 6.95. The molecule has 2 rings (SSSR count). The maximum Gasteiger partial charge on any atom is 0.146 e. The third kappa shape index (κ3) is 2.10. The second-order valence-electron chi connectivity index (χ2n) is 3.25. The van der Waals surface area contributed by atoms with Crippen LogP contribution in [-0.4, -0.2) is 9.97 Å². The quantitative estimate of drug-likeness (QED) is 0.920. The highest BCUT2D eigenvalue weighted by molar-refractivity contribution is 9.10. The minimum Gasteiger partial charge on any atom is -0.319 e. The minimum absolute atomic E-state index is 0.384.